The number of aromatic nitrogens is 5. The van der Waals surface area contributed by atoms with Crippen LogP contribution < -0.4 is 10.1 Å². The van der Waals surface area contributed by atoms with Gasteiger partial charge in [-0.3, -0.25) is 0 Å². The van der Waals surface area contributed by atoms with E-state index in [2.05, 4.69) is 41.3 Å². The van der Waals surface area contributed by atoms with Gasteiger partial charge in [0.1, 0.15) is 0 Å². The third kappa shape index (κ3) is 3.63. The van der Waals surface area contributed by atoms with Crippen LogP contribution in [-0.2, 0) is 0 Å². The topological polar surface area (TPSA) is 77.8 Å². The van der Waals surface area contributed by atoms with Crippen LogP contribution in [0.2, 0.25) is 0 Å². The maximum absolute atomic E-state index is 5.46. The van der Waals surface area contributed by atoms with Crippen molar-refractivity contribution in [3.63, 3.8) is 0 Å². The molecule has 0 saturated heterocycles. The summed E-state index contributed by atoms with van der Waals surface area (Å²) < 4.78 is 7.87. The highest BCUT2D eigenvalue weighted by atomic mass is 79.9. The van der Waals surface area contributed by atoms with Crippen LogP contribution in [0, 0.1) is 0 Å². The monoisotopic (exact) mass is 326 g/mol. The normalized spacial score (nSPS) is 10.5. The van der Waals surface area contributed by atoms with E-state index in [4.69, 9.17) is 4.74 Å². The second-order valence-corrected chi connectivity index (χ2v) is 4.64. The lowest BCUT2D eigenvalue weighted by Gasteiger charge is -2.07. The Hall–Kier alpha value is -1.70. The highest BCUT2D eigenvalue weighted by molar-refractivity contribution is 9.10. The van der Waals surface area contributed by atoms with Crippen molar-refractivity contribution in [3.8, 4) is 12.0 Å². The van der Waals surface area contributed by atoms with Crippen molar-refractivity contribution in [2.75, 3.05) is 18.5 Å². The first-order chi connectivity index (χ1) is 9.22. The summed E-state index contributed by atoms with van der Waals surface area (Å²) >= 11 is 3.34. The van der Waals surface area contributed by atoms with E-state index in [9.17, 15) is 0 Å². The Morgan fingerprint density at radius 3 is 2.79 bits per heavy atom. The molecule has 2 rings (SSSR count). The molecular weight excluding hydrogens is 312 g/mol. The van der Waals surface area contributed by atoms with Crippen molar-refractivity contribution in [3.05, 3.63) is 16.9 Å². The first-order valence-corrected chi connectivity index (χ1v) is 6.85. The summed E-state index contributed by atoms with van der Waals surface area (Å²) in [5.74, 6) is 0.896. The largest absolute Gasteiger partial charge is 0.463 e. The molecule has 0 fully saturated rings. The van der Waals surface area contributed by atoms with Crippen molar-refractivity contribution >= 4 is 21.9 Å². The highest BCUT2D eigenvalue weighted by Gasteiger charge is 2.09. The van der Waals surface area contributed by atoms with Crippen LogP contribution in [0.3, 0.4) is 0 Å². The predicted molar refractivity (Wildman–Crippen MR) is 74.6 cm³/mol. The summed E-state index contributed by atoms with van der Waals surface area (Å²) in [5.41, 5.74) is 0. The number of anilines is 1. The zero-order valence-corrected chi connectivity index (χ0v) is 12.4. The predicted octanol–water partition coefficient (Wildman–Crippen LogP) is 2.04. The molecule has 19 heavy (non-hydrogen) atoms. The third-order valence-corrected chi connectivity index (χ3v) is 2.54. The highest BCUT2D eigenvalue weighted by Crippen LogP contribution is 2.13. The average molecular weight is 327 g/mol. The molecule has 0 aromatic carbocycles. The molecule has 0 aliphatic heterocycles. The summed E-state index contributed by atoms with van der Waals surface area (Å²) in [6, 6.07) is 0.300. The molecule has 7 nitrogen and oxygen atoms in total. The maximum atomic E-state index is 5.46. The van der Waals surface area contributed by atoms with Gasteiger partial charge in [0.05, 0.1) is 17.3 Å². The second kappa shape index (κ2) is 6.46. The van der Waals surface area contributed by atoms with Gasteiger partial charge in [0.25, 0.3) is 5.95 Å². The lowest BCUT2D eigenvalue weighted by atomic mass is 10.5. The van der Waals surface area contributed by atoms with Gasteiger partial charge in [0.2, 0.25) is 5.95 Å². The van der Waals surface area contributed by atoms with Crippen molar-refractivity contribution in [2.24, 2.45) is 0 Å². The molecule has 0 aliphatic carbocycles. The molecule has 0 unspecified atom stereocenters. The molecule has 2 heterocycles. The summed E-state index contributed by atoms with van der Waals surface area (Å²) in [5, 5.41) is 7.19. The van der Waals surface area contributed by atoms with E-state index in [1.807, 2.05) is 13.8 Å². The fourth-order valence-corrected chi connectivity index (χ4v) is 1.64. The summed E-state index contributed by atoms with van der Waals surface area (Å²) in [4.78, 5) is 12.7. The number of rotatable bonds is 6. The van der Waals surface area contributed by atoms with Crippen LogP contribution in [0.4, 0.5) is 5.95 Å². The van der Waals surface area contributed by atoms with Crippen LogP contribution in [0.25, 0.3) is 5.95 Å². The average Bonchev–Trinajstić information content (AvgIpc) is 2.83. The summed E-state index contributed by atoms with van der Waals surface area (Å²) in [6.07, 6.45) is 4.34. The van der Waals surface area contributed by atoms with Gasteiger partial charge >= 0.3 is 6.01 Å². The van der Waals surface area contributed by atoms with E-state index in [1.54, 1.807) is 17.1 Å². The van der Waals surface area contributed by atoms with E-state index in [0.29, 0.717) is 24.5 Å². The lowest BCUT2D eigenvalue weighted by molar-refractivity contribution is 0.291. The molecule has 0 atom stereocenters. The standard InChI is InChI=1S/C11H15BrN6O/c1-3-5-19-11-16-9(13-4-2)15-10(17-11)18-7-8(12)6-14-18/h6-7H,3-5H2,1-2H3,(H,13,15,16,17). The number of hydrogen-bond donors (Lipinski definition) is 1. The van der Waals surface area contributed by atoms with Crippen LogP contribution in [0.5, 0.6) is 6.01 Å². The van der Waals surface area contributed by atoms with E-state index in [0.717, 1.165) is 17.4 Å². The van der Waals surface area contributed by atoms with Crippen LogP contribution in [-0.4, -0.2) is 37.9 Å². The van der Waals surface area contributed by atoms with Crippen molar-refractivity contribution in [1.82, 2.24) is 24.7 Å². The van der Waals surface area contributed by atoms with Gasteiger partial charge in [-0.15, -0.1) is 0 Å². The SMILES string of the molecule is CCCOc1nc(NCC)nc(-n2cc(Br)cn2)n1. The van der Waals surface area contributed by atoms with Gasteiger partial charge in [-0.2, -0.15) is 20.1 Å². The van der Waals surface area contributed by atoms with Gasteiger partial charge in [0.15, 0.2) is 0 Å². The number of halogens is 1. The Morgan fingerprint density at radius 2 is 2.16 bits per heavy atom. The first kappa shape index (κ1) is 13.7. The maximum Gasteiger partial charge on any atom is 0.323 e. The minimum atomic E-state index is 0.300. The molecule has 2 aromatic heterocycles. The number of nitrogens with one attached hydrogen (secondary N) is 1. The van der Waals surface area contributed by atoms with Crippen molar-refractivity contribution in [2.45, 2.75) is 20.3 Å². The molecular formula is C11H15BrN6O. The van der Waals surface area contributed by atoms with Crippen LogP contribution in [0.1, 0.15) is 20.3 Å². The number of hydrogen-bond acceptors (Lipinski definition) is 6. The zero-order chi connectivity index (χ0) is 13.7. The third-order valence-electron chi connectivity index (χ3n) is 2.13. The molecule has 0 aliphatic rings. The molecule has 0 spiro atoms. The first-order valence-electron chi connectivity index (χ1n) is 6.06. The minimum absolute atomic E-state index is 0.300. The van der Waals surface area contributed by atoms with Crippen LogP contribution in [0.15, 0.2) is 16.9 Å². The van der Waals surface area contributed by atoms with Gasteiger partial charge in [-0.25, -0.2) is 4.68 Å². The van der Waals surface area contributed by atoms with Gasteiger partial charge < -0.3 is 10.1 Å². The van der Waals surface area contributed by atoms with Gasteiger partial charge in [-0.1, -0.05) is 6.92 Å². The number of nitrogens with zero attached hydrogens (tertiary/aromatic N) is 5. The minimum Gasteiger partial charge on any atom is -0.463 e. The summed E-state index contributed by atoms with van der Waals surface area (Å²) in [7, 11) is 0. The fourth-order valence-electron chi connectivity index (χ4n) is 1.35. The molecule has 0 bridgehead atoms. The summed E-state index contributed by atoms with van der Waals surface area (Å²) in [6.45, 7) is 5.29. The smallest absolute Gasteiger partial charge is 0.323 e. The zero-order valence-electron chi connectivity index (χ0n) is 10.8. The Labute approximate surface area is 119 Å². The Balaban J connectivity index is 2.33. The molecule has 1 N–H and O–H groups in total. The number of ether oxygens (including phenoxy) is 1. The van der Waals surface area contributed by atoms with Crippen LogP contribution >= 0.6 is 15.9 Å². The van der Waals surface area contributed by atoms with E-state index >= 15 is 0 Å². The quantitative estimate of drug-likeness (QED) is 0.875. The van der Waals surface area contributed by atoms with E-state index in [-0.39, 0.29) is 0 Å². The second-order valence-electron chi connectivity index (χ2n) is 3.72. The van der Waals surface area contributed by atoms with Gasteiger partial charge in [-0.05, 0) is 29.3 Å². The fraction of sp³-hybridized carbons (Fsp3) is 0.455. The van der Waals surface area contributed by atoms with Gasteiger partial charge in [0, 0.05) is 12.7 Å². The molecule has 0 amide bonds. The Kier molecular flexibility index (Phi) is 4.67. The molecule has 0 saturated carbocycles. The van der Waals surface area contributed by atoms with Crippen molar-refractivity contribution < 1.29 is 4.74 Å². The Morgan fingerprint density at radius 1 is 1.32 bits per heavy atom. The lowest BCUT2D eigenvalue weighted by Crippen LogP contribution is -2.11. The van der Waals surface area contributed by atoms with Crippen molar-refractivity contribution in [1.29, 1.82) is 0 Å². The van der Waals surface area contributed by atoms with E-state index in [1.165, 1.54) is 0 Å². The molecule has 102 valence electrons. The van der Waals surface area contributed by atoms with E-state index < -0.39 is 0 Å². The molecule has 2 aromatic rings. The molecule has 0 radical (unpaired) electrons. The molecule has 8 heteroatoms. The Bertz CT molecular complexity index is 544.